The third-order valence-corrected chi connectivity index (χ3v) is 1.42. The molecule has 102 valence electrons. The first-order valence-electron chi connectivity index (χ1n) is 5.21. The minimum atomic E-state index is -1.09. The van der Waals surface area contributed by atoms with Crippen LogP contribution >= 0.6 is 0 Å². The Bertz CT molecular complexity index is 290. The fourth-order valence-corrected chi connectivity index (χ4v) is 0.812. The molecule has 0 aliphatic rings. The topological polar surface area (TPSA) is 105 Å². The van der Waals surface area contributed by atoms with Crippen LogP contribution < -0.4 is 0 Å². The number of ether oxygens (including phenoxy) is 2. The summed E-state index contributed by atoms with van der Waals surface area (Å²) in [4.78, 5) is 51.5. The summed E-state index contributed by atoms with van der Waals surface area (Å²) in [7, 11) is 0. The molecule has 0 atom stereocenters. The van der Waals surface area contributed by atoms with E-state index in [4.69, 9.17) is 0 Å². The first kappa shape index (κ1) is 15.9. The lowest BCUT2D eigenvalue weighted by Crippen LogP contribution is -2.18. The maximum absolute atomic E-state index is 10.9. The molecule has 0 rings (SSSR count). The monoisotopic (exact) mass is 262 g/mol. The molecule has 18 heavy (non-hydrogen) atoms. The summed E-state index contributed by atoms with van der Waals surface area (Å²) in [6.45, 7) is 3.38. The minimum absolute atomic E-state index is 0.120. The number of hydrogen-bond acceptors (Lipinski definition) is 8. The van der Waals surface area contributed by atoms with Gasteiger partial charge in [-0.2, -0.15) is 0 Å². The van der Waals surface area contributed by atoms with Gasteiger partial charge >= 0.3 is 23.9 Å². The van der Waals surface area contributed by atoms with E-state index in [1.54, 1.807) is 13.8 Å². The van der Waals surface area contributed by atoms with Gasteiger partial charge in [0.2, 0.25) is 0 Å². The van der Waals surface area contributed by atoms with Crippen molar-refractivity contribution in [1.29, 1.82) is 0 Å². The molecule has 0 radical (unpaired) electrons. The van der Waals surface area contributed by atoms with Crippen LogP contribution in [0.5, 0.6) is 0 Å². The smallest absolute Gasteiger partial charge is 0.366 e. The van der Waals surface area contributed by atoms with Gasteiger partial charge in [-0.1, -0.05) is 0 Å². The van der Waals surface area contributed by atoms with E-state index in [0.717, 1.165) is 0 Å². The van der Waals surface area contributed by atoms with E-state index in [0.29, 0.717) is 0 Å². The average molecular weight is 262 g/mol. The predicted molar refractivity (Wildman–Crippen MR) is 54.7 cm³/mol. The Labute approximate surface area is 103 Å². The fraction of sp³-hybridized carbons (Fsp3) is 0.600. The third kappa shape index (κ3) is 8.08. The van der Waals surface area contributed by atoms with E-state index >= 15 is 0 Å². The van der Waals surface area contributed by atoms with Crippen LogP contribution in [-0.4, -0.2) is 37.1 Å². The average Bonchev–Trinajstić information content (AvgIpc) is 2.27. The van der Waals surface area contributed by atoms with E-state index in [1.165, 1.54) is 0 Å². The highest BCUT2D eigenvalue weighted by Gasteiger charge is 2.17. The number of hydrogen-bond donors (Lipinski definition) is 0. The summed E-state index contributed by atoms with van der Waals surface area (Å²) in [6, 6.07) is 0. The first-order valence-corrected chi connectivity index (χ1v) is 5.21. The fourth-order valence-electron chi connectivity index (χ4n) is 0.812. The van der Waals surface area contributed by atoms with Crippen molar-refractivity contribution in [2.45, 2.75) is 26.7 Å². The van der Waals surface area contributed by atoms with E-state index in [-0.39, 0.29) is 13.2 Å². The Morgan fingerprint density at radius 3 is 1.28 bits per heavy atom. The number of esters is 2. The maximum atomic E-state index is 10.9. The molecule has 8 heteroatoms. The Morgan fingerprint density at radius 2 is 1.00 bits per heavy atom. The van der Waals surface area contributed by atoms with Crippen molar-refractivity contribution >= 4 is 23.9 Å². The lowest BCUT2D eigenvalue weighted by molar-refractivity contribution is -0.259. The van der Waals surface area contributed by atoms with Crippen molar-refractivity contribution < 1.29 is 38.4 Å². The molecular weight excluding hydrogens is 248 g/mol. The summed E-state index contributed by atoms with van der Waals surface area (Å²) >= 11 is 0. The van der Waals surface area contributed by atoms with Crippen LogP contribution in [0.1, 0.15) is 26.7 Å². The Morgan fingerprint density at radius 1 is 0.667 bits per heavy atom. The maximum Gasteiger partial charge on any atom is 0.366 e. The van der Waals surface area contributed by atoms with Crippen molar-refractivity contribution in [3.05, 3.63) is 0 Å². The van der Waals surface area contributed by atoms with Crippen LogP contribution in [-0.2, 0) is 38.4 Å². The van der Waals surface area contributed by atoms with Crippen LogP contribution in [0, 0.1) is 0 Å². The van der Waals surface area contributed by atoms with Gasteiger partial charge in [0.15, 0.2) is 0 Å². The summed E-state index contributed by atoms with van der Waals surface area (Å²) in [5.74, 6) is -3.79. The first-order chi connectivity index (χ1) is 8.49. The zero-order chi connectivity index (χ0) is 14.0. The van der Waals surface area contributed by atoms with Gasteiger partial charge in [0.25, 0.3) is 0 Å². The van der Waals surface area contributed by atoms with Gasteiger partial charge in [-0.05, 0) is 13.8 Å². The summed E-state index contributed by atoms with van der Waals surface area (Å²) < 4.78 is 8.92. The Balaban J connectivity index is 3.81. The molecule has 8 nitrogen and oxygen atoms in total. The molecule has 0 fully saturated rings. The van der Waals surface area contributed by atoms with Crippen LogP contribution in [0.15, 0.2) is 0 Å². The third-order valence-electron chi connectivity index (χ3n) is 1.42. The van der Waals surface area contributed by atoms with Crippen LogP contribution in [0.3, 0.4) is 0 Å². The minimum Gasteiger partial charge on any atom is -0.466 e. The van der Waals surface area contributed by atoms with Gasteiger partial charge in [-0.15, -0.1) is 0 Å². The van der Waals surface area contributed by atoms with Gasteiger partial charge in [0, 0.05) is 0 Å². The second kappa shape index (κ2) is 8.97. The van der Waals surface area contributed by atoms with Crippen molar-refractivity contribution in [2.24, 2.45) is 0 Å². The number of rotatable bonds is 6. The summed E-state index contributed by atoms with van der Waals surface area (Å²) in [6.07, 6.45) is -1.36. The van der Waals surface area contributed by atoms with Gasteiger partial charge in [0.05, 0.1) is 13.2 Å². The predicted octanol–water partition coefficient (Wildman–Crippen LogP) is -0.106. The quantitative estimate of drug-likeness (QED) is 0.282. The molecule has 0 aromatic carbocycles. The lowest BCUT2D eigenvalue weighted by Gasteiger charge is -2.03. The van der Waals surface area contributed by atoms with Gasteiger partial charge < -0.3 is 9.47 Å². The van der Waals surface area contributed by atoms with Crippen LogP contribution in [0.25, 0.3) is 0 Å². The highest BCUT2D eigenvalue weighted by molar-refractivity contribution is 5.93. The van der Waals surface area contributed by atoms with Crippen molar-refractivity contribution in [1.82, 2.24) is 0 Å². The van der Waals surface area contributed by atoms with Crippen molar-refractivity contribution in [2.75, 3.05) is 13.2 Å². The van der Waals surface area contributed by atoms with Crippen LogP contribution in [0.4, 0.5) is 0 Å². The number of carbonyl (C=O) groups is 4. The largest absolute Gasteiger partial charge is 0.466 e. The Kier molecular flexibility index (Phi) is 7.91. The Hall–Kier alpha value is -2.12. The van der Waals surface area contributed by atoms with Gasteiger partial charge in [-0.3, -0.25) is 9.59 Å². The molecule has 0 aliphatic heterocycles. The lowest BCUT2D eigenvalue weighted by atomic mass is 10.4. The highest BCUT2D eigenvalue weighted by Crippen LogP contribution is 1.95. The second-order valence-electron chi connectivity index (χ2n) is 2.87. The zero-order valence-electron chi connectivity index (χ0n) is 10.1. The van der Waals surface area contributed by atoms with E-state index in [2.05, 4.69) is 19.2 Å². The standard InChI is InChI=1S/C10H14O8/c1-3-15-7(11)5-9(13)17-18-10(14)6-8(12)16-4-2/h3-6H2,1-2H3. The molecule has 0 saturated heterocycles. The van der Waals surface area contributed by atoms with E-state index in [9.17, 15) is 19.2 Å². The second-order valence-corrected chi connectivity index (χ2v) is 2.87. The molecule has 0 unspecified atom stereocenters. The SMILES string of the molecule is CCOC(=O)CC(=O)OOC(=O)CC(=O)OCC. The molecule has 0 aliphatic carbocycles. The molecule has 0 aromatic heterocycles. The van der Waals surface area contributed by atoms with Crippen molar-refractivity contribution in [3.63, 3.8) is 0 Å². The molecule has 0 aromatic rings. The van der Waals surface area contributed by atoms with E-state index in [1.807, 2.05) is 0 Å². The summed E-state index contributed by atoms with van der Waals surface area (Å²) in [5.41, 5.74) is 0. The van der Waals surface area contributed by atoms with E-state index < -0.39 is 36.7 Å². The molecule has 0 spiro atoms. The van der Waals surface area contributed by atoms with Gasteiger partial charge in [0.1, 0.15) is 12.8 Å². The molecule has 0 amide bonds. The zero-order valence-corrected chi connectivity index (χ0v) is 10.1. The van der Waals surface area contributed by atoms with Crippen molar-refractivity contribution in [3.8, 4) is 0 Å². The van der Waals surface area contributed by atoms with Gasteiger partial charge in [-0.25, -0.2) is 19.4 Å². The molecule has 0 saturated carbocycles. The molecule has 0 N–H and O–H groups in total. The summed E-state index contributed by atoms with van der Waals surface area (Å²) in [5, 5.41) is 0. The molecule has 0 heterocycles. The molecular formula is C10H14O8. The van der Waals surface area contributed by atoms with Crippen LogP contribution in [0.2, 0.25) is 0 Å². The highest BCUT2D eigenvalue weighted by atomic mass is 17.2. The number of carbonyl (C=O) groups excluding carboxylic acids is 4. The molecule has 0 bridgehead atoms. The normalized spacial score (nSPS) is 9.22.